The number of aromatic hydroxyl groups is 1. The first-order valence-electron chi connectivity index (χ1n) is 10.8. The van der Waals surface area contributed by atoms with Crippen molar-refractivity contribution in [3.05, 3.63) is 54.1 Å². The van der Waals surface area contributed by atoms with E-state index in [1.807, 2.05) is 48.5 Å². The molecule has 0 aliphatic rings. The Kier molecular flexibility index (Phi) is 8.29. The van der Waals surface area contributed by atoms with E-state index in [9.17, 15) is 5.11 Å². The highest BCUT2D eigenvalue weighted by Crippen LogP contribution is 2.48. The van der Waals surface area contributed by atoms with Crippen molar-refractivity contribution in [2.75, 3.05) is 34.2 Å². The van der Waals surface area contributed by atoms with Crippen molar-refractivity contribution in [2.45, 2.75) is 26.2 Å². The molecule has 0 bridgehead atoms. The predicted molar refractivity (Wildman–Crippen MR) is 136 cm³/mol. The lowest BCUT2D eigenvalue weighted by molar-refractivity contribution is 0.399. The van der Waals surface area contributed by atoms with Crippen LogP contribution in [-0.2, 0) is 6.42 Å². The van der Waals surface area contributed by atoms with Crippen molar-refractivity contribution in [2.24, 2.45) is 0 Å². The summed E-state index contributed by atoms with van der Waals surface area (Å²) in [5.41, 5.74) is 7.71. The Bertz CT molecular complexity index is 1000. The standard InChI is InChI=1S/C26H32NO5P/c1-6-7-10-17-15-18(27)24(28)23(16-17)33(25-19(29-2)11-8-12-20(25)30-3)26-21(31-4)13-9-14-22(26)32-5/h8-9,11-16,28H,6-7,10,27H2,1-5H3. The highest BCUT2D eigenvalue weighted by Gasteiger charge is 2.32. The lowest BCUT2D eigenvalue weighted by Gasteiger charge is -2.27. The molecule has 0 radical (unpaired) electrons. The van der Waals surface area contributed by atoms with E-state index in [0.717, 1.165) is 35.4 Å². The smallest absolute Gasteiger partial charge is 0.146 e. The fourth-order valence-corrected chi connectivity index (χ4v) is 6.74. The number of anilines is 1. The SMILES string of the molecule is CCCCc1cc(N)c(O)c(P(c2c(OC)cccc2OC)c2c(OC)cccc2OC)c1. The first kappa shape index (κ1) is 24.5. The van der Waals surface area contributed by atoms with Crippen molar-refractivity contribution < 1.29 is 24.1 Å². The molecule has 0 unspecified atom stereocenters. The Balaban J connectivity index is 2.44. The zero-order chi connectivity index (χ0) is 24.0. The molecule has 3 rings (SSSR count). The summed E-state index contributed by atoms with van der Waals surface area (Å²) in [6.07, 6.45) is 2.95. The third-order valence-corrected chi connectivity index (χ3v) is 8.09. The van der Waals surface area contributed by atoms with E-state index in [4.69, 9.17) is 24.7 Å². The van der Waals surface area contributed by atoms with Crippen molar-refractivity contribution in [1.82, 2.24) is 0 Å². The zero-order valence-corrected chi connectivity index (χ0v) is 20.7. The van der Waals surface area contributed by atoms with Gasteiger partial charge in [-0.3, -0.25) is 0 Å². The van der Waals surface area contributed by atoms with Gasteiger partial charge in [-0.15, -0.1) is 0 Å². The maximum Gasteiger partial charge on any atom is 0.146 e. The number of hydrogen-bond acceptors (Lipinski definition) is 6. The van der Waals surface area contributed by atoms with Crippen molar-refractivity contribution in [3.8, 4) is 28.7 Å². The van der Waals surface area contributed by atoms with Gasteiger partial charge >= 0.3 is 0 Å². The van der Waals surface area contributed by atoms with Crippen LogP contribution in [0.4, 0.5) is 5.69 Å². The highest BCUT2D eigenvalue weighted by molar-refractivity contribution is 7.80. The topological polar surface area (TPSA) is 83.2 Å². The van der Waals surface area contributed by atoms with E-state index in [1.54, 1.807) is 28.4 Å². The molecule has 6 nitrogen and oxygen atoms in total. The highest BCUT2D eigenvalue weighted by atomic mass is 31.1. The van der Waals surface area contributed by atoms with Gasteiger partial charge in [0.2, 0.25) is 0 Å². The summed E-state index contributed by atoms with van der Waals surface area (Å²) in [7, 11) is 5.04. The van der Waals surface area contributed by atoms with Crippen molar-refractivity contribution in [3.63, 3.8) is 0 Å². The minimum atomic E-state index is -1.45. The number of hydrogen-bond donors (Lipinski definition) is 2. The van der Waals surface area contributed by atoms with E-state index in [-0.39, 0.29) is 5.75 Å². The lowest BCUT2D eigenvalue weighted by atomic mass is 10.1. The van der Waals surface area contributed by atoms with E-state index in [1.165, 1.54) is 0 Å². The van der Waals surface area contributed by atoms with Crippen LogP contribution in [0.2, 0.25) is 0 Å². The number of nitrogens with two attached hydrogens (primary N) is 1. The number of aryl methyl sites for hydroxylation is 1. The van der Waals surface area contributed by atoms with Crippen molar-refractivity contribution in [1.29, 1.82) is 0 Å². The van der Waals surface area contributed by atoms with Crippen LogP contribution >= 0.6 is 7.92 Å². The maximum atomic E-state index is 11.2. The lowest BCUT2D eigenvalue weighted by Crippen LogP contribution is -2.26. The first-order valence-corrected chi connectivity index (χ1v) is 12.2. The monoisotopic (exact) mass is 469 g/mol. The Hall–Kier alpha value is -3.11. The molecular formula is C26H32NO5P. The molecule has 0 amide bonds. The van der Waals surface area contributed by atoms with E-state index >= 15 is 0 Å². The Morgan fingerprint density at radius 2 is 1.24 bits per heavy atom. The van der Waals surface area contributed by atoms with Crippen molar-refractivity contribution >= 4 is 29.5 Å². The summed E-state index contributed by atoms with van der Waals surface area (Å²) < 4.78 is 23.1. The fourth-order valence-electron chi connectivity index (χ4n) is 3.85. The second-order valence-electron chi connectivity index (χ2n) is 7.51. The molecule has 3 N–H and O–H groups in total. The van der Waals surface area contributed by atoms with Crippen LogP contribution in [0.1, 0.15) is 25.3 Å². The summed E-state index contributed by atoms with van der Waals surface area (Å²) in [6, 6.07) is 15.2. The zero-order valence-electron chi connectivity index (χ0n) is 19.8. The molecule has 0 spiro atoms. The number of phenolic OH excluding ortho intramolecular Hbond substituents is 1. The third-order valence-electron chi connectivity index (χ3n) is 5.49. The molecular weight excluding hydrogens is 437 g/mol. The van der Waals surface area contributed by atoms with Crippen LogP contribution in [0.3, 0.4) is 0 Å². The Morgan fingerprint density at radius 1 is 0.788 bits per heavy atom. The molecule has 0 aromatic heterocycles. The van der Waals surface area contributed by atoms with Gasteiger partial charge in [0.05, 0.1) is 44.7 Å². The minimum absolute atomic E-state index is 0.0438. The van der Waals surface area contributed by atoms with Gasteiger partial charge in [0, 0.05) is 13.2 Å². The molecule has 0 atom stereocenters. The van der Waals surface area contributed by atoms with Gasteiger partial charge in [0.15, 0.2) is 0 Å². The van der Waals surface area contributed by atoms with E-state index in [0.29, 0.717) is 34.0 Å². The number of methoxy groups -OCH3 is 4. The average Bonchev–Trinajstić information content (AvgIpc) is 2.85. The van der Waals surface area contributed by atoms with Crippen LogP contribution in [-0.4, -0.2) is 33.5 Å². The second-order valence-corrected chi connectivity index (χ2v) is 9.56. The molecule has 3 aromatic rings. The van der Waals surface area contributed by atoms with E-state index < -0.39 is 7.92 Å². The molecule has 0 fully saturated rings. The fraction of sp³-hybridized carbons (Fsp3) is 0.308. The van der Waals surface area contributed by atoms with Crippen LogP contribution < -0.4 is 40.6 Å². The number of nitrogen functional groups attached to an aromatic ring is 1. The molecule has 3 aromatic carbocycles. The van der Waals surface area contributed by atoms with Gasteiger partial charge in [0.1, 0.15) is 28.7 Å². The average molecular weight is 470 g/mol. The Morgan fingerprint density at radius 3 is 1.64 bits per heavy atom. The van der Waals surface area contributed by atoms with Gasteiger partial charge in [-0.2, -0.15) is 0 Å². The third kappa shape index (κ3) is 4.96. The van der Waals surface area contributed by atoms with Gasteiger partial charge in [-0.1, -0.05) is 25.5 Å². The number of rotatable bonds is 10. The van der Waals surface area contributed by atoms with Crippen LogP contribution in [0.5, 0.6) is 28.7 Å². The molecule has 33 heavy (non-hydrogen) atoms. The number of phenols is 1. The molecule has 0 aliphatic carbocycles. The van der Waals surface area contributed by atoms with Crippen LogP contribution in [0, 0.1) is 0 Å². The molecule has 176 valence electrons. The summed E-state index contributed by atoms with van der Waals surface area (Å²) in [5.74, 6) is 2.62. The summed E-state index contributed by atoms with van der Waals surface area (Å²) >= 11 is 0. The largest absolute Gasteiger partial charge is 0.505 e. The first-order chi connectivity index (χ1) is 16.0. The number of unbranched alkanes of at least 4 members (excludes halogenated alkanes) is 1. The quantitative estimate of drug-likeness (QED) is 0.264. The van der Waals surface area contributed by atoms with Gasteiger partial charge < -0.3 is 29.8 Å². The Labute approximate surface area is 197 Å². The van der Waals surface area contributed by atoms with Gasteiger partial charge in [0.25, 0.3) is 0 Å². The minimum Gasteiger partial charge on any atom is -0.505 e. The molecule has 0 saturated heterocycles. The van der Waals surface area contributed by atoms with Crippen LogP contribution in [0.25, 0.3) is 0 Å². The second kappa shape index (κ2) is 11.2. The van der Waals surface area contributed by atoms with Gasteiger partial charge in [-0.25, -0.2) is 0 Å². The molecule has 0 saturated carbocycles. The normalized spacial score (nSPS) is 10.8. The number of ether oxygens (including phenoxy) is 4. The van der Waals surface area contributed by atoms with Gasteiger partial charge in [-0.05, 0) is 54.8 Å². The molecule has 0 heterocycles. The summed E-state index contributed by atoms with van der Waals surface area (Å²) in [6.45, 7) is 2.15. The van der Waals surface area contributed by atoms with Crippen LogP contribution in [0.15, 0.2) is 48.5 Å². The maximum absolute atomic E-state index is 11.2. The summed E-state index contributed by atoms with van der Waals surface area (Å²) in [4.78, 5) is 0. The van der Waals surface area contributed by atoms with E-state index in [2.05, 4.69) is 6.92 Å². The molecule has 7 heteroatoms. The molecule has 0 aliphatic heterocycles. The number of benzene rings is 3. The summed E-state index contributed by atoms with van der Waals surface area (Å²) in [5, 5.41) is 13.5. The predicted octanol–water partition coefficient (Wildman–Crippen LogP) is 4.11.